The van der Waals surface area contributed by atoms with Crippen LogP contribution >= 0.6 is 0 Å². The first-order valence-corrected chi connectivity index (χ1v) is 7.25. The van der Waals surface area contributed by atoms with Gasteiger partial charge in [0.2, 0.25) is 10.0 Å². The maximum atomic E-state index is 13.3. The van der Waals surface area contributed by atoms with Crippen LogP contribution in [0.3, 0.4) is 0 Å². The summed E-state index contributed by atoms with van der Waals surface area (Å²) >= 11 is 0. The molecule has 0 aliphatic heterocycles. The SMILES string of the molecule is CC(C)OC(=O)CCNS(=O)(=O)c1ccccc1F. The molecule has 0 bridgehead atoms. The maximum absolute atomic E-state index is 13.3. The zero-order valence-corrected chi connectivity index (χ0v) is 11.5. The third-order valence-electron chi connectivity index (χ3n) is 2.11. The first-order chi connectivity index (χ1) is 8.83. The lowest BCUT2D eigenvalue weighted by Gasteiger charge is -2.09. The van der Waals surface area contributed by atoms with Crippen LogP contribution in [0.5, 0.6) is 0 Å². The van der Waals surface area contributed by atoms with Crippen LogP contribution in [0.25, 0.3) is 0 Å². The highest BCUT2D eigenvalue weighted by Crippen LogP contribution is 2.12. The Morgan fingerprint density at radius 2 is 2.00 bits per heavy atom. The molecule has 1 aromatic carbocycles. The summed E-state index contributed by atoms with van der Waals surface area (Å²) in [5, 5.41) is 0. The largest absolute Gasteiger partial charge is 0.463 e. The normalized spacial score (nSPS) is 11.6. The van der Waals surface area contributed by atoms with E-state index in [1.807, 2.05) is 0 Å². The van der Waals surface area contributed by atoms with Gasteiger partial charge in [-0.25, -0.2) is 17.5 Å². The maximum Gasteiger partial charge on any atom is 0.307 e. The topological polar surface area (TPSA) is 72.5 Å². The second-order valence-corrected chi connectivity index (χ2v) is 5.85. The summed E-state index contributed by atoms with van der Waals surface area (Å²) in [4.78, 5) is 10.8. The van der Waals surface area contributed by atoms with Gasteiger partial charge in [0.05, 0.1) is 12.5 Å². The second kappa shape index (κ2) is 6.63. The Morgan fingerprint density at radius 1 is 1.37 bits per heavy atom. The summed E-state index contributed by atoms with van der Waals surface area (Å²) in [6.07, 6.45) is -0.359. The van der Waals surface area contributed by atoms with Gasteiger partial charge >= 0.3 is 5.97 Å². The highest BCUT2D eigenvalue weighted by atomic mass is 32.2. The van der Waals surface area contributed by atoms with Crippen molar-refractivity contribution >= 4 is 16.0 Å². The Bertz CT molecular complexity index is 542. The predicted molar refractivity (Wildman–Crippen MR) is 67.4 cm³/mol. The van der Waals surface area contributed by atoms with Gasteiger partial charge in [-0.05, 0) is 26.0 Å². The molecule has 0 saturated heterocycles. The van der Waals surface area contributed by atoms with E-state index in [2.05, 4.69) is 4.72 Å². The van der Waals surface area contributed by atoms with Crippen LogP contribution in [0, 0.1) is 5.82 Å². The van der Waals surface area contributed by atoms with E-state index < -0.39 is 26.7 Å². The number of rotatable bonds is 6. The molecule has 1 rings (SSSR count). The van der Waals surface area contributed by atoms with Gasteiger partial charge in [0.1, 0.15) is 10.7 Å². The fourth-order valence-corrected chi connectivity index (χ4v) is 2.46. The number of halogens is 1. The average Bonchev–Trinajstić information content (AvgIpc) is 2.27. The molecule has 7 heteroatoms. The van der Waals surface area contributed by atoms with Crippen LogP contribution in [0.1, 0.15) is 20.3 Å². The van der Waals surface area contributed by atoms with Crippen LogP contribution in [-0.4, -0.2) is 27.0 Å². The van der Waals surface area contributed by atoms with Gasteiger partial charge in [-0.2, -0.15) is 0 Å². The van der Waals surface area contributed by atoms with Crippen molar-refractivity contribution in [3.8, 4) is 0 Å². The number of esters is 1. The smallest absolute Gasteiger partial charge is 0.307 e. The molecule has 19 heavy (non-hydrogen) atoms. The number of nitrogens with one attached hydrogen (secondary N) is 1. The quantitative estimate of drug-likeness (QED) is 0.804. The molecule has 0 unspecified atom stereocenters. The predicted octanol–water partition coefficient (Wildman–Crippen LogP) is 1.45. The summed E-state index contributed by atoms with van der Waals surface area (Å²) in [5.41, 5.74) is 0. The molecule has 0 aromatic heterocycles. The molecular formula is C12H16FNO4S. The Labute approximate surface area is 111 Å². The molecule has 0 aliphatic carbocycles. The van der Waals surface area contributed by atoms with Crippen molar-refractivity contribution in [1.82, 2.24) is 4.72 Å². The number of ether oxygens (including phenoxy) is 1. The van der Waals surface area contributed by atoms with Crippen LogP contribution in [-0.2, 0) is 19.6 Å². The number of benzene rings is 1. The van der Waals surface area contributed by atoms with Crippen molar-refractivity contribution in [2.45, 2.75) is 31.3 Å². The van der Waals surface area contributed by atoms with E-state index in [1.165, 1.54) is 12.1 Å². The van der Waals surface area contributed by atoms with Crippen molar-refractivity contribution < 1.29 is 22.3 Å². The van der Waals surface area contributed by atoms with Crippen LogP contribution in [0.15, 0.2) is 29.2 Å². The van der Waals surface area contributed by atoms with Crippen molar-refractivity contribution in [3.05, 3.63) is 30.1 Å². The Hall–Kier alpha value is -1.47. The minimum absolute atomic E-state index is 0.105. The molecule has 0 saturated carbocycles. The van der Waals surface area contributed by atoms with Gasteiger partial charge in [-0.3, -0.25) is 4.79 Å². The minimum atomic E-state index is -3.95. The first kappa shape index (κ1) is 15.6. The molecule has 1 N–H and O–H groups in total. The fraction of sp³-hybridized carbons (Fsp3) is 0.417. The molecule has 0 spiro atoms. The Balaban J connectivity index is 2.58. The van der Waals surface area contributed by atoms with E-state index in [4.69, 9.17) is 4.74 Å². The fourth-order valence-electron chi connectivity index (χ4n) is 1.35. The molecule has 0 radical (unpaired) electrons. The van der Waals surface area contributed by atoms with Gasteiger partial charge in [-0.15, -0.1) is 0 Å². The summed E-state index contributed by atoms with van der Waals surface area (Å²) < 4.78 is 43.8. The number of hydrogen-bond donors (Lipinski definition) is 1. The molecular weight excluding hydrogens is 273 g/mol. The van der Waals surface area contributed by atoms with E-state index in [0.717, 1.165) is 12.1 Å². The summed E-state index contributed by atoms with van der Waals surface area (Å²) in [6.45, 7) is 3.26. The van der Waals surface area contributed by atoms with Gasteiger partial charge < -0.3 is 4.74 Å². The third kappa shape index (κ3) is 4.96. The van der Waals surface area contributed by atoms with Crippen LogP contribution < -0.4 is 4.72 Å². The van der Waals surface area contributed by atoms with Crippen LogP contribution in [0.4, 0.5) is 4.39 Å². The van der Waals surface area contributed by atoms with Crippen molar-refractivity contribution in [2.75, 3.05) is 6.54 Å². The number of hydrogen-bond acceptors (Lipinski definition) is 4. The molecule has 106 valence electrons. The molecule has 0 aliphatic rings. The highest BCUT2D eigenvalue weighted by Gasteiger charge is 2.18. The van der Waals surface area contributed by atoms with E-state index >= 15 is 0 Å². The van der Waals surface area contributed by atoms with Gasteiger partial charge in [-0.1, -0.05) is 12.1 Å². The molecule has 0 heterocycles. The molecule has 1 aromatic rings. The van der Waals surface area contributed by atoms with Gasteiger partial charge in [0.25, 0.3) is 0 Å². The Morgan fingerprint density at radius 3 is 2.58 bits per heavy atom. The molecule has 0 atom stereocenters. The third-order valence-corrected chi connectivity index (χ3v) is 3.61. The average molecular weight is 289 g/mol. The number of sulfonamides is 1. The van der Waals surface area contributed by atoms with E-state index in [-0.39, 0.29) is 19.1 Å². The van der Waals surface area contributed by atoms with E-state index in [0.29, 0.717) is 0 Å². The summed E-state index contributed by atoms with van der Waals surface area (Å²) in [7, 11) is -3.95. The molecule has 0 amide bonds. The van der Waals surface area contributed by atoms with Gasteiger partial charge in [0, 0.05) is 6.54 Å². The lowest BCUT2D eigenvalue weighted by molar-refractivity contribution is -0.147. The van der Waals surface area contributed by atoms with Crippen molar-refractivity contribution in [1.29, 1.82) is 0 Å². The van der Waals surface area contributed by atoms with Crippen molar-refractivity contribution in [2.24, 2.45) is 0 Å². The van der Waals surface area contributed by atoms with Crippen molar-refractivity contribution in [3.63, 3.8) is 0 Å². The monoisotopic (exact) mass is 289 g/mol. The van der Waals surface area contributed by atoms with E-state index in [1.54, 1.807) is 13.8 Å². The summed E-state index contributed by atoms with van der Waals surface area (Å²) in [5.74, 6) is -1.34. The zero-order chi connectivity index (χ0) is 14.5. The van der Waals surface area contributed by atoms with Gasteiger partial charge in [0.15, 0.2) is 0 Å². The number of carbonyl (C=O) groups is 1. The summed E-state index contributed by atoms with van der Waals surface area (Å²) in [6, 6.07) is 5.03. The Kier molecular flexibility index (Phi) is 5.44. The molecule has 5 nitrogen and oxygen atoms in total. The first-order valence-electron chi connectivity index (χ1n) is 5.76. The molecule has 0 fully saturated rings. The lowest BCUT2D eigenvalue weighted by Crippen LogP contribution is -2.28. The minimum Gasteiger partial charge on any atom is -0.463 e. The number of carbonyl (C=O) groups excluding carboxylic acids is 1. The zero-order valence-electron chi connectivity index (χ0n) is 10.7. The van der Waals surface area contributed by atoms with E-state index in [9.17, 15) is 17.6 Å². The standard InChI is InChI=1S/C12H16FNO4S/c1-9(2)18-12(15)7-8-14-19(16,17)11-6-4-3-5-10(11)13/h3-6,9,14H,7-8H2,1-2H3. The lowest BCUT2D eigenvalue weighted by atomic mass is 10.4. The second-order valence-electron chi connectivity index (χ2n) is 4.12. The highest BCUT2D eigenvalue weighted by molar-refractivity contribution is 7.89. The van der Waals surface area contributed by atoms with Crippen LogP contribution in [0.2, 0.25) is 0 Å².